The maximum Gasteiger partial charge on any atom is 0.230 e. The molecule has 3 aromatic rings. The highest BCUT2D eigenvalue weighted by molar-refractivity contribution is 7.99. The van der Waals surface area contributed by atoms with E-state index in [-0.39, 0.29) is 23.5 Å². The van der Waals surface area contributed by atoms with Gasteiger partial charge in [-0.15, -0.1) is 0 Å². The molecule has 138 valence electrons. The van der Waals surface area contributed by atoms with Gasteiger partial charge in [-0.1, -0.05) is 30.0 Å². The number of rotatable bonds is 5. The van der Waals surface area contributed by atoms with Crippen LogP contribution in [0.4, 0.5) is 4.39 Å². The summed E-state index contributed by atoms with van der Waals surface area (Å²) >= 11 is 1.33. The van der Waals surface area contributed by atoms with Crippen molar-refractivity contribution in [2.45, 2.75) is 17.6 Å². The SMILES string of the molecule is O=C(CSc1ncc(-c2ccc(F)cc2)[nH]1)NC1CCOc2ccccc21. The Balaban J connectivity index is 1.34. The topological polar surface area (TPSA) is 67.0 Å². The maximum absolute atomic E-state index is 13.0. The molecule has 0 saturated heterocycles. The van der Waals surface area contributed by atoms with Gasteiger partial charge in [-0.3, -0.25) is 4.79 Å². The fourth-order valence-corrected chi connectivity index (χ4v) is 3.67. The molecule has 0 radical (unpaired) electrons. The van der Waals surface area contributed by atoms with Gasteiger partial charge in [0.25, 0.3) is 0 Å². The van der Waals surface area contributed by atoms with Gasteiger partial charge in [-0.25, -0.2) is 9.37 Å². The van der Waals surface area contributed by atoms with Crippen LogP contribution in [0.15, 0.2) is 59.9 Å². The Labute approximate surface area is 160 Å². The number of benzene rings is 2. The van der Waals surface area contributed by atoms with Crippen LogP contribution in [0.25, 0.3) is 11.3 Å². The molecular formula is C20H18FN3O2S. The Kier molecular flexibility index (Phi) is 5.11. The molecule has 0 spiro atoms. The average molecular weight is 383 g/mol. The van der Waals surface area contributed by atoms with Crippen LogP contribution < -0.4 is 10.1 Å². The van der Waals surface area contributed by atoms with Crippen molar-refractivity contribution in [1.82, 2.24) is 15.3 Å². The van der Waals surface area contributed by atoms with Crippen LogP contribution in [-0.4, -0.2) is 28.2 Å². The molecule has 1 aliphatic heterocycles. The number of ether oxygens (including phenoxy) is 1. The third-order valence-electron chi connectivity index (χ3n) is 4.34. The first-order valence-corrected chi connectivity index (χ1v) is 9.62. The number of hydrogen-bond acceptors (Lipinski definition) is 4. The van der Waals surface area contributed by atoms with Crippen molar-refractivity contribution < 1.29 is 13.9 Å². The predicted octanol–water partition coefficient (Wildman–Crippen LogP) is 3.95. The highest BCUT2D eigenvalue weighted by Gasteiger charge is 2.22. The summed E-state index contributed by atoms with van der Waals surface area (Å²) < 4.78 is 18.6. The summed E-state index contributed by atoms with van der Waals surface area (Å²) in [4.78, 5) is 19.8. The van der Waals surface area contributed by atoms with Gasteiger partial charge in [0.05, 0.1) is 30.3 Å². The van der Waals surface area contributed by atoms with Crippen LogP contribution >= 0.6 is 11.8 Å². The molecule has 2 aromatic carbocycles. The summed E-state index contributed by atoms with van der Waals surface area (Å²) in [5, 5.41) is 3.72. The number of carbonyl (C=O) groups is 1. The minimum atomic E-state index is -0.278. The Hall–Kier alpha value is -2.80. The Bertz CT molecular complexity index is 942. The lowest BCUT2D eigenvalue weighted by atomic mass is 10.0. The van der Waals surface area contributed by atoms with Crippen LogP contribution in [0, 0.1) is 5.82 Å². The fraction of sp³-hybridized carbons (Fsp3) is 0.200. The third-order valence-corrected chi connectivity index (χ3v) is 5.23. The van der Waals surface area contributed by atoms with E-state index in [2.05, 4.69) is 15.3 Å². The van der Waals surface area contributed by atoms with Gasteiger partial charge in [-0.05, 0) is 35.9 Å². The molecule has 2 heterocycles. The molecule has 1 amide bonds. The summed E-state index contributed by atoms with van der Waals surface area (Å²) in [6.45, 7) is 0.592. The molecule has 2 N–H and O–H groups in total. The second-order valence-corrected chi connectivity index (χ2v) is 7.16. The normalized spacial score (nSPS) is 15.7. The van der Waals surface area contributed by atoms with E-state index in [1.54, 1.807) is 18.3 Å². The molecule has 4 rings (SSSR count). The quantitative estimate of drug-likeness (QED) is 0.655. The van der Waals surface area contributed by atoms with Crippen molar-refractivity contribution in [3.05, 3.63) is 66.1 Å². The first-order valence-electron chi connectivity index (χ1n) is 8.64. The lowest BCUT2D eigenvalue weighted by molar-refractivity contribution is -0.119. The van der Waals surface area contributed by atoms with Gasteiger partial charge in [0.15, 0.2) is 5.16 Å². The van der Waals surface area contributed by atoms with E-state index in [4.69, 9.17) is 4.74 Å². The summed E-state index contributed by atoms with van der Waals surface area (Å²) in [6, 6.07) is 13.9. The molecular weight excluding hydrogens is 365 g/mol. The van der Waals surface area contributed by atoms with E-state index in [1.807, 2.05) is 24.3 Å². The Morgan fingerprint density at radius 3 is 2.93 bits per heavy atom. The van der Waals surface area contributed by atoms with Crippen molar-refractivity contribution in [2.75, 3.05) is 12.4 Å². The number of aromatic nitrogens is 2. The second-order valence-electron chi connectivity index (χ2n) is 6.19. The van der Waals surface area contributed by atoms with Crippen molar-refractivity contribution in [2.24, 2.45) is 0 Å². The summed E-state index contributed by atoms with van der Waals surface area (Å²) in [5.41, 5.74) is 2.65. The van der Waals surface area contributed by atoms with Gasteiger partial charge in [-0.2, -0.15) is 0 Å². The molecule has 1 aliphatic rings. The summed E-state index contributed by atoms with van der Waals surface area (Å²) in [6.07, 6.45) is 2.44. The van der Waals surface area contributed by atoms with Gasteiger partial charge in [0, 0.05) is 12.0 Å². The minimum Gasteiger partial charge on any atom is -0.493 e. The number of nitrogens with zero attached hydrogens (tertiary/aromatic N) is 1. The number of aromatic amines is 1. The fourth-order valence-electron chi connectivity index (χ4n) is 3.01. The molecule has 0 fully saturated rings. The number of halogens is 1. The lowest BCUT2D eigenvalue weighted by Crippen LogP contribution is -2.33. The van der Waals surface area contributed by atoms with E-state index in [0.717, 1.165) is 29.0 Å². The minimum absolute atomic E-state index is 0.0329. The molecule has 0 aliphatic carbocycles. The first-order chi connectivity index (χ1) is 13.2. The average Bonchev–Trinajstić information content (AvgIpc) is 3.16. The number of carbonyl (C=O) groups excluding carboxylic acids is 1. The Morgan fingerprint density at radius 2 is 2.07 bits per heavy atom. The second kappa shape index (κ2) is 7.84. The number of para-hydroxylation sites is 1. The zero-order valence-corrected chi connectivity index (χ0v) is 15.3. The maximum atomic E-state index is 13.0. The van der Waals surface area contributed by atoms with E-state index in [1.165, 1.54) is 23.9 Å². The molecule has 7 heteroatoms. The van der Waals surface area contributed by atoms with E-state index in [9.17, 15) is 9.18 Å². The molecule has 1 atom stereocenters. The van der Waals surface area contributed by atoms with Crippen molar-refractivity contribution in [1.29, 1.82) is 0 Å². The van der Waals surface area contributed by atoms with Crippen LogP contribution in [0.5, 0.6) is 5.75 Å². The monoisotopic (exact) mass is 383 g/mol. The smallest absolute Gasteiger partial charge is 0.230 e. The first kappa shape index (κ1) is 17.6. The van der Waals surface area contributed by atoms with Crippen molar-refractivity contribution in [3.63, 3.8) is 0 Å². The van der Waals surface area contributed by atoms with E-state index in [0.29, 0.717) is 11.8 Å². The van der Waals surface area contributed by atoms with Crippen molar-refractivity contribution in [3.8, 4) is 17.0 Å². The zero-order chi connectivity index (χ0) is 18.6. The van der Waals surface area contributed by atoms with Gasteiger partial charge < -0.3 is 15.0 Å². The van der Waals surface area contributed by atoms with Crippen molar-refractivity contribution >= 4 is 17.7 Å². The highest BCUT2D eigenvalue weighted by Crippen LogP contribution is 2.31. The number of fused-ring (bicyclic) bond motifs is 1. The number of thioether (sulfide) groups is 1. The standard InChI is InChI=1S/C20H18FN3O2S/c21-14-7-5-13(6-8-14)17-11-22-20(24-17)27-12-19(25)23-16-9-10-26-18-4-2-1-3-15(16)18/h1-8,11,16H,9-10,12H2,(H,22,24)(H,23,25). The number of imidazole rings is 1. The molecule has 0 saturated carbocycles. The van der Waals surface area contributed by atoms with Crippen LogP contribution in [0.3, 0.4) is 0 Å². The van der Waals surface area contributed by atoms with Gasteiger partial charge >= 0.3 is 0 Å². The number of H-pyrrole nitrogens is 1. The predicted molar refractivity (Wildman–Crippen MR) is 102 cm³/mol. The van der Waals surface area contributed by atoms with E-state index < -0.39 is 0 Å². The van der Waals surface area contributed by atoms with E-state index >= 15 is 0 Å². The van der Waals surface area contributed by atoms with Gasteiger partial charge in [0.2, 0.25) is 5.91 Å². The molecule has 5 nitrogen and oxygen atoms in total. The number of hydrogen-bond donors (Lipinski definition) is 2. The van der Waals surface area contributed by atoms with Gasteiger partial charge in [0.1, 0.15) is 11.6 Å². The third kappa shape index (κ3) is 4.14. The van der Waals surface area contributed by atoms with Crippen LogP contribution in [-0.2, 0) is 4.79 Å². The van der Waals surface area contributed by atoms with Crippen LogP contribution in [0.1, 0.15) is 18.0 Å². The van der Waals surface area contributed by atoms with Crippen LogP contribution in [0.2, 0.25) is 0 Å². The molecule has 27 heavy (non-hydrogen) atoms. The molecule has 1 unspecified atom stereocenters. The highest BCUT2D eigenvalue weighted by atomic mass is 32.2. The molecule has 0 bridgehead atoms. The number of nitrogens with one attached hydrogen (secondary N) is 2. The summed E-state index contributed by atoms with van der Waals surface area (Å²) in [7, 11) is 0. The lowest BCUT2D eigenvalue weighted by Gasteiger charge is -2.26. The largest absolute Gasteiger partial charge is 0.493 e. The Morgan fingerprint density at radius 1 is 1.26 bits per heavy atom. The zero-order valence-electron chi connectivity index (χ0n) is 14.4. The number of amides is 1. The summed E-state index contributed by atoms with van der Waals surface area (Å²) in [5.74, 6) is 0.757. The molecule has 1 aromatic heterocycles.